The molecule has 2 aromatic heterocycles. The van der Waals surface area contributed by atoms with Crippen LogP contribution in [0.4, 0.5) is 5.82 Å². The lowest BCUT2D eigenvalue weighted by Crippen LogP contribution is -2.13. The normalized spacial score (nSPS) is 13.6. The molecule has 1 aromatic carbocycles. The van der Waals surface area contributed by atoms with Crippen LogP contribution in [0.15, 0.2) is 48.7 Å². The summed E-state index contributed by atoms with van der Waals surface area (Å²) >= 11 is 7.77. The quantitative estimate of drug-likeness (QED) is 0.337. The molecule has 34 heavy (non-hydrogen) atoms. The number of halogens is 1. The van der Waals surface area contributed by atoms with E-state index in [-0.39, 0.29) is 17.8 Å². The molecule has 180 valence electrons. The van der Waals surface area contributed by atoms with E-state index < -0.39 is 0 Å². The van der Waals surface area contributed by atoms with Gasteiger partial charge in [-0.05, 0) is 73.0 Å². The Morgan fingerprint density at radius 3 is 2.56 bits per heavy atom. The fourth-order valence-electron chi connectivity index (χ4n) is 3.08. The second-order valence-corrected chi connectivity index (χ2v) is 8.75. The van der Waals surface area contributed by atoms with Crippen LogP contribution in [0.25, 0.3) is 16.5 Å². The van der Waals surface area contributed by atoms with E-state index in [1.54, 1.807) is 38.4 Å². The van der Waals surface area contributed by atoms with Gasteiger partial charge in [0.1, 0.15) is 17.7 Å². The number of hydrogen-bond acceptors (Lipinski definition) is 6. The predicted molar refractivity (Wildman–Crippen MR) is 142 cm³/mol. The molecule has 0 fully saturated rings. The maximum absolute atomic E-state index is 11.4. The number of aromatic nitrogens is 1. The molecule has 4 rings (SSSR count). The second-order valence-electron chi connectivity index (χ2n) is 7.26. The molecular weight excluding hydrogens is 470 g/mol. The lowest BCUT2D eigenvalue weighted by molar-refractivity contribution is -0.115. The molecule has 1 aliphatic heterocycles. The molecule has 3 heterocycles. The molecule has 0 spiro atoms. The predicted octanol–water partition coefficient (Wildman–Crippen LogP) is 6.04. The molecule has 0 aliphatic carbocycles. The number of ether oxygens (including phenoxy) is 1. The van der Waals surface area contributed by atoms with Crippen molar-refractivity contribution in [1.29, 1.82) is 0 Å². The highest BCUT2D eigenvalue weighted by Crippen LogP contribution is 2.40. The van der Waals surface area contributed by atoms with Crippen LogP contribution in [-0.2, 0) is 11.2 Å². The van der Waals surface area contributed by atoms with Crippen molar-refractivity contribution in [3.8, 4) is 16.2 Å². The number of anilines is 1. The van der Waals surface area contributed by atoms with Crippen molar-refractivity contribution < 1.29 is 14.3 Å². The number of thiophene rings is 1. The summed E-state index contributed by atoms with van der Waals surface area (Å²) in [6, 6.07) is 11.3. The first-order chi connectivity index (χ1) is 16.3. The summed E-state index contributed by atoms with van der Waals surface area (Å²) in [5.41, 5.74) is 8.44. The Morgan fingerprint density at radius 1 is 1.24 bits per heavy atom. The number of nitrogens with two attached hydrogens (primary N) is 1. The maximum atomic E-state index is 11.4. The Hall–Kier alpha value is -3.16. The number of pyridine rings is 1. The number of benzene rings is 1. The van der Waals surface area contributed by atoms with E-state index in [0.717, 1.165) is 38.6 Å². The van der Waals surface area contributed by atoms with E-state index in [0.29, 0.717) is 10.8 Å². The fourth-order valence-corrected chi connectivity index (χ4v) is 4.25. The fraction of sp³-hybridized carbons (Fsp3) is 0.269. The van der Waals surface area contributed by atoms with Gasteiger partial charge >= 0.3 is 0 Å². The number of nitrogen functional groups attached to an aromatic ring is 1. The standard InChI is InChI=1S/C15H13ClO2S.C9H11N3O.C2H6/c1-8-5-11-6-10(7-12(16)15(11)18-8)14-4-3-13(19-14)9(2)17;1-11-9(13)5-3-7-2-4-8(10)12-6-7;1-2/h3-4,6-8H,5H2,1-2H3;2-6H,1H3,(H2,10,12)(H,11,13);1-2H3/b;5-3+;. The SMILES string of the molecule is CC.CC(=O)c1ccc(-c2cc(Cl)c3c(c2)CC(C)O3)s1.CNC(=O)/C=C/c1ccc(N)nc1. The van der Waals surface area contributed by atoms with Crippen molar-refractivity contribution in [2.75, 3.05) is 12.8 Å². The molecule has 1 atom stereocenters. The summed E-state index contributed by atoms with van der Waals surface area (Å²) in [6.45, 7) is 7.62. The topological polar surface area (TPSA) is 94.3 Å². The maximum Gasteiger partial charge on any atom is 0.243 e. The summed E-state index contributed by atoms with van der Waals surface area (Å²) in [7, 11) is 1.58. The molecule has 0 saturated heterocycles. The van der Waals surface area contributed by atoms with Gasteiger partial charge in [0.05, 0.1) is 9.90 Å². The van der Waals surface area contributed by atoms with Crippen molar-refractivity contribution in [3.05, 3.63) is 69.7 Å². The van der Waals surface area contributed by atoms with Gasteiger partial charge in [-0.2, -0.15) is 0 Å². The zero-order chi connectivity index (χ0) is 25.3. The molecule has 0 saturated carbocycles. The average molecular weight is 500 g/mol. The van der Waals surface area contributed by atoms with Gasteiger partial charge in [-0.1, -0.05) is 25.4 Å². The number of hydrogen-bond donors (Lipinski definition) is 2. The van der Waals surface area contributed by atoms with Gasteiger partial charge in [-0.25, -0.2) is 4.98 Å². The van der Waals surface area contributed by atoms with E-state index in [1.165, 1.54) is 17.4 Å². The first-order valence-electron chi connectivity index (χ1n) is 11.0. The first kappa shape index (κ1) is 27.1. The Labute approximate surface area is 209 Å². The van der Waals surface area contributed by atoms with Crippen LogP contribution >= 0.6 is 22.9 Å². The number of fused-ring (bicyclic) bond motifs is 1. The van der Waals surface area contributed by atoms with Crippen LogP contribution in [0.3, 0.4) is 0 Å². The van der Waals surface area contributed by atoms with Gasteiger partial charge in [-0.15, -0.1) is 11.3 Å². The van der Waals surface area contributed by atoms with Crippen molar-refractivity contribution >= 4 is 46.5 Å². The van der Waals surface area contributed by atoms with Gasteiger partial charge in [0, 0.05) is 30.6 Å². The molecule has 6 nitrogen and oxygen atoms in total. The third kappa shape index (κ3) is 7.43. The van der Waals surface area contributed by atoms with Gasteiger partial charge in [0.15, 0.2) is 5.78 Å². The monoisotopic (exact) mass is 499 g/mol. The first-order valence-corrected chi connectivity index (χ1v) is 12.2. The van der Waals surface area contributed by atoms with Gasteiger partial charge in [0.2, 0.25) is 5.91 Å². The summed E-state index contributed by atoms with van der Waals surface area (Å²) in [6.07, 6.45) is 5.78. The van der Waals surface area contributed by atoms with Crippen LogP contribution in [0.1, 0.15) is 48.5 Å². The number of amides is 1. The summed E-state index contributed by atoms with van der Waals surface area (Å²) in [4.78, 5) is 27.9. The third-order valence-electron chi connectivity index (χ3n) is 4.67. The van der Waals surface area contributed by atoms with Crippen molar-refractivity contribution in [2.45, 2.75) is 40.2 Å². The Bertz CT molecular complexity index is 1160. The van der Waals surface area contributed by atoms with Gasteiger partial charge in [0.25, 0.3) is 0 Å². The number of rotatable bonds is 4. The summed E-state index contributed by atoms with van der Waals surface area (Å²) in [5, 5.41) is 3.12. The van der Waals surface area contributed by atoms with Crippen molar-refractivity contribution in [2.24, 2.45) is 0 Å². The highest BCUT2D eigenvalue weighted by atomic mass is 35.5. The number of nitrogens with zero attached hydrogens (tertiary/aromatic N) is 1. The zero-order valence-electron chi connectivity index (χ0n) is 20.0. The zero-order valence-corrected chi connectivity index (χ0v) is 21.6. The van der Waals surface area contributed by atoms with E-state index >= 15 is 0 Å². The number of carbonyl (C=O) groups excluding carboxylic acids is 2. The smallest absolute Gasteiger partial charge is 0.243 e. The van der Waals surface area contributed by atoms with Crippen LogP contribution < -0.4 is 15.8 Å². The minimum absolute atomic E-state index is 0.0977. The molecule has 0 radical (unpaired) electrons. The molecule has 1 unspecified atom stereocenters. The van der Waals surface area contributed by atoms with E-state index in [1.807, 2.05) is 39.0 Å². The molecule has 1 aliphatic rings. The number of nitrogens with one attached hydrogen (secondary N) is 1. The van der Waals surface area contributed by atoms with Crippen molar-refractivity contribution in [3.63, 3.8) is 0 Å². The summed E-state index contributed by atoms with van der Waals surface area (Å²) < 4.78 is 5.69. The lowest BCUT2D eigenvalue weighted by atomic mass is 10.1. The number of likely N-dealkylation sites (N-methyl/N-ethyl adjacent to an activating group) is 1. The lowest BCUT2D eigenvalue weighted by Gasteiger charge is -2.06. The van der Waals surface area contributed by atoms with Gasteiger partial charge < -0.3 is 15.8 Å². The molecule has 3 N–H and O–H groups in total. The largest absolute Gasteiger partial charge is 0.489 e. The molecule has 0 bridgehead atoms. The van der Waals surface area contributed by atoms with Crippen LogP contribution in [0.5, 0.6) is 5.75 Å². The molecule has 3 aromatic rings. The molecule has 8 heteroatoms. The van der Waals surface area contributed by atoms with Gasteiger partial charge in [-0.3, -0.25) is 9.59 Å². The number of ketones is 1. The number of Topliss-reactive ketones (excluding diaryl/α,β-unsaturated/α-hetero) is 1. The van der Waals surface area contributed by atoms with E-state index in [4.69, 9.17) is 22.1 Å². The Kier molecular flexibility index (Phi) is 10.3. The summed E-state index contributed by atoms with van der Waals surface area (Å²) in [5.74, 6) is 1.23. The number of carbonyl (C=O) groups is 2. The highest BCUT2D eigenvalue weighted by Gasteiger charge is 2.23. The van der Waals surface area contributed by atoms with Crippen LogP contribution in [0.2, 0.25) is 5.02 Å². The minimum atomic E-state index is -0.142. The minimum Gasteiger partial charge on any atom is -0.489 e. The van der Waals surface area contributed by atoms with Crippen LogP contribution in [-0.4, -0.2) is 29.8 Å². The van der Waals surface area contributed by atoms with Crippen molar-refractivity contribution in [1.82, 2.24) is 10.3 Å². The molecular formula is C26H30ClN3O3S. The highest BCUT2D eigenvalue weighted by molar-refractivity contribution is 7.17. The average Bonchev–Trinajstić information content (AvgIpc) is 3.47. The van der Waals surface area contributed by atoms with E-state index in [2.05, 4.69) is 16.4 Å². The second kappa shape index (κ2) is 12.9. The van der Waals surface area contributed by atoms with E-state index in [9.17, 15) is 9.59 Å². The Morgan fingerprint density at radius 2 is 1.97 bits per heavy atom. The van der Waals surface area contributed by atoms with Crippen LogP contribution in [0, 0.1) is 0 Å². The molecule has 1 amide bonds. The Balaban J connectivity index is 0.000000239. The third-order valence-corrected chi connectivity index (χ3v) is 6.18.